The zero-order valence-electron chi connectivity index (χ0n) is 6.21. The molecule has 0 N–H and O–H groups in total. The normalized spacial score (nSPS) is 10.0. The highest BCUT2D eigenvalue weighted by Crippen LogP contribution is 2.20. The van der Waals surface area contributed by atoms with Crippen LogP contribution in [0.3, 0.4) is 0 Å². The molecular weight excluding hydrogens is 180 g/mol. The monoisotopic (exact) mass is 188 g/mol. The van der Waals surface area contributed by atoms with Gasteiger partial charge in [0.05, 0.1) is 6.61 Å². The number of hydrogen-bond donors (Lipinski definition) is 0. The number of benzene rings is 1. The molecule has 60 valence electrons. The molecule has 0 saturated heterocycles. The molecule has 0 saturated carbocycles. The second kappa shape index (κ2) is 4.65. The van der Waals surface area contributed by atoms with Gasteiger partial charge in [-0.1, -0.05) is 11.6 Å². The first-order chi connectivity index (χ1) is 5.33. The Morgan fingerprint density at radius 3 is 2.55 bits per heavy atom. The van der Waals surface area contributed by atoms with Crippen molar-refractivity contribution in [2.24, 2.45) is 0 Å². The summed E-state index contributed by atoms with van der Waals surface area (Å²) < 4.78 is 5.13. The molecule has 0 spiro atoms. The fourth-order valence-electron chi connectivity index (χ4n) is 0.617. The van der Waals surface area contributed by atoms with Gasteiger partial charge in [0, 0.05) is 22.0 Å². The molecule has 0 aliphatic rings. The van der Waals surface area contributed by atoms with Crippen LogP contribution in [-0.4, -0.2) is 6.61 Å². The lowest BCUT2D eigenvalue weighted by Gasteiger charge is -1.98. The summed E-state index contributed by atoms with van der Waals surface area (Å²) in [5, 5.41) is 0.755. The van der Waals surface area contributed by atoms with Crippen molar-refractivity contribution in [3.63, 3.8) is 0 Å². The van der Waals surface area contributed by atoms with E-state index in [0.717, 1.165) is 9.92 Å². The molecule has 0 amide bonds. The van der Waals surface area contributed by atoms with Crippen LogP contribution < -0.4 is 0 Å². The summed E-state index contributed by atoms with van der Waals surface area (Å²) in [6.07, 6.45) is 0. The Kier molecular flexibility index (Phi) is 3.77. The third-order valence-corrected chi connectivity index (χ3v) is 2.16. The average Bonchev–Trinajstić information content (AvgIpc) is 2.04. The van der Waals surface area contributed by atoms with Gasteiger partial charge in [-0.2, -0.15) is 0 Å². The molecule has 0 bridgehead atoms. The van der Waals surface area contributed by atoms with Crippen molar-refractivity contribution in [2.45, 2.75) is 11.8 Å². The zero-order valence-corrected chi connectivity index (χ0v) is 7.78. The molecule has 1 nitrogen and oxygen atoms in total. The minimum Gasteiger partial charge on any atom is -0.311 e. The molecule has 0 fully saturated rings. The van der Waals surface area contributed by atoms with Gasteiger partial charge in [0.25, 0.3) is 0 Å². The minimum atomic E-state index is 0.716. The van der Waals surface area contributed by atoms with Crippen LogP contribution in [0.4, 0.5) is 0 Å². The van der Waals surface area contributed by atoms with Crippen molar-refractivity contribution in [1.29, 1.82) is 0 Å². The molecule has 0 aromatic heterocycles. The molecule has 11 heavy (non-hydrogen) atoms. The van der Waals surface area contributed by atoms with Crippen molar-refractivity contribution in [3.05, 3.63) is 29.3 Å². The number of halogens is 1. The summed E-state index contributed by atoms with van der Waals surface area (Å²) >= 11 is 7.07. The van der Waals surface area contributed by atoms with E-state index in [-0.39, 0.29) is 0 Å². The number of rotatable bonds is 3. The summed E-state index contributed by atoms with van der Waals surface area (Å²) in [6, 6.07) is 7.57. The zero-order chi connectivity index (χ0) is 8.10. The quantitative estimate of drug-likeness (QED) is 0.673. The van der Waals surface area contributed by atoms with Crippen molar-refractivity contribution in [2.75, 3.05) is 6.61 Å². The smallest absolute Gasteiger partial charge is 0.0590 e. The van der Waals surface area contributed by atoms with Crippen LogP contribution in [0.15, 0.2) is 29.2 Å². The van der Waals surface area contributed by atoms with E-state index in [1.165, 1.54) is 12.0 Å². The maximum Gasteiger partial charge on any atom is 0.0590 e. The van der Waals surface area contributed by atoms with Crippen LogP contribution in [-0.2, 0) is 4.18 Å². The van der Waals surface area contributed by atoms with Gasteiger partial charge in [-0.15, -0.1) is 0 Å². The van der Waals surface area contributed by atoms with Crippen molar-refractivity contribution >= 4 is 23.6 Å². The molecule has 0 heterocycles. The van der Waals surface area contributed by atoms with Crippen LogP contribution in [0, 0.1) is 0 Å². The van der Waals surface area contributed by atoms with Crippen molar-refractivity contribution in [3.8, 4) is 0 Å². The molecule has 0 aliphatic heterocycles. The molecule has 0 aliphatic carbocycles. The Balaban J connectivity index is 2.52. The third kappa shape index (κ3) is 3.14. The van der Waals surface area contributed by atoms with Crippen LogP contribution in [0.25, 0.3) is 0 Å². The van der Waals surface area contributed by atoms with Crippen LogP contribution >= 0.6 is 23.6 Å². The summed E-state index contributed by atoms with van der Waals surface area (Å²) in [6.45, 7) is 2.68. The third-order valence-electron chi connectivity index (χ3n) is 1.09. The summed E-state index contributed by atoms with van der Waals surface area (Å²) in [7, 11) is 0. The highest BCUT2D eigenvalue weighted by molar-refractivity contribution is 7.94. The molecule has 0 unspecified atom stereocenters. The molecule has 0 radical (unpaired) electrons. The van der Waals surface area contributed by atoms with Gasteiger partial charge in [-0.25, -0.2) is 0 Å². The molecule has 1 rings (SSSR count). The second-order valence-electron chi connectivity index (χ2n) is 1.94. The SMILES string of the molecule is CCOSc1ccc(Cl)cc1. The van der Waals surface area contributed by atoms with Gasteiger partial charge >= 0.3 is 0 Å². The standard InChI is InChI=1S/C8H9ClOS/c1-2-10-11-8-5-3-7(9)4-6-8/h3-6H,2H2,1H3. The summed E-state index contributed by atoms with van der Waals surface area (Å²) in [4.78, 5) is 1.08. The van der Waals surface area contributed by atoms with E-state index in [0.29, 0.717) is 6.61 Å². The van der Waals surface area contributed by atoms with E-state index in [2.05, 4.69) is 0 Å². The Morgan fingerprint density at radius 2 is 2.00 bits per heavy atom. The van der Waals surface area contributed by atoms with Gasteiger partial charge in [0.15, 0.2) is 0 Å². The Labute approximate surface area is 75.9 Å². The van der Waals surface area contributed by atoms with E-state index < -0.39 is 0 Å². The van der Waals surface area contributed by atoms with Crippen molar-refractivity contribution in [1.82, 2.24) is 0 Å². The molecule has 1 aromatic rings. The Morgan fingerprint density at radius 1 is 1.36 bits per heavy atom. The van der Waals surface area contributed by atoms with E-state index in [9.17, 15) is 0 Å². The second-order valence-corrected chi connectivity index (χ2v) is 3.25. The first-order valence-electron chi connectivity index (χ1n) is 3.38. The fourth-order valence-corrected chi connectivity index (χ4v) is 1.24. The van der Waals surface area contributed by atoms with Gasteiger partial charge in [-0.05, 0) is 31.2 Å². The summed E-state index contributed by atoms with van der Waals surface area (Å²) in [5.41, 5.74) is 0. The lowest BCUT2D eigenvalue weighted by molar-refractivity contribution is 0.402. The predicted octanol–water partition coefficient (Wildman–Crippen LogP) is 3.38. The molecule has 3 heteroatoms. The highest BCUT2D eigenvalue weighted by atomic mass is 35.5. The number of hydrogen-bond acceptors (Lipinski definition) is 2. The largest absolute Gasteiger partial charge is 0.311 e. The first kappa shape index (κ1) is 8.91. The Bertz CT molecular complexity index is 210. The molecule has 1 aromatic carbocycles. The lowest BCUT2D eigenvalue weighted by atomic mass is 10.4. The lowest BCUT2D eigenvalue weighted by Crippen LogP contribution is -1.77. The van der Waals surface area contributed by atoms with Gasteiger partial charge < -0.3 is 4.18 Å². The highest BCUT2D eigenvalue weighted by Gasteiger charge is 1.92. The maximum absolute atomic E-state index is 5.70. The average molecular weight is 189 g/mol. The van der Waals surface area contributed by atoms with E-state index >= 15 is 0 Å². The summed E-state index contributed by atoms with van der Waals surface area (Å²) in [5.74, 6) is 0. The molecular formula is C8H9ClOS. The maximum atomic E-state index is 5.70. The van der Waals surface area contributed by atoms with Gasteiger partial charge in [-0.3, -0.25) is 0 Å². The van der Waals surface area contributed by atoms with E-state index in [1.807, 2.05) is 31.2 Å². The topological polar surface area (TPSA) is 9.23 Å². The van der Waals surface area contributed by atoms with Crippen LogP contribution in [0.1, 0.15) is 6.92 Å². The fraction of sp³-hybridized carbons (Fsp3) is 0.250. The predicted molar refractivity (Wildman–Crippen MR) is 48.9 cm³/mol. The van der Waals surface area contributed by atoms with Crippen molar-refractivity contribution < 1.29 is 4.18 Å². The van der Waals surface area contributed by atoms with Gasteiger partial charge in [0.1, 0.15) is 0 Å². The minimum absolute atomic E-state index is 0.716. The Hall–Kier alpha value is -0.180. The van der Waals surface area contributed by atoms with Gasteiger partial charge in [0.2, 0.25) is 0 Å². The first-order valence-corrected chi connectivity index (χ1v) is 4.50. The molecule has 0 atom stereocenters. The van der Waals surface area contributed by atoms with E-state index in [4.69, 9.17) is 15.8 Å². The van der Waals surface area contributed by atoms with Crippen LogP contribution in [0.5, 0.6) is 0 Å². The van der Waals surface area contributed by atoms with E-state index in [1.54, 1.807) is 0 Å². The van der Waals surface area contributed by atoms with Crippen LogP contribution in [0.2, 0.25) is 5.02 Å².